The topological polar surface area (TPSA) is 53.1 Å². The van der Waals surface area contributed by atoms with Crippen LogP contribution in [0.4, 0.5) is 5.82 Å². The fraction of sp³-hybridized carbons (Fsp3) is 0.250. The first kappa shape index (κ1) is 12.0. The molecule has 1 aromatic heterocycles. The van der Waals surface area contributed by atoms with Crippen molar-refractivity contribution in [3.05, 3.63) is 40.5 Å². The summed E-state index contributed by atoms with van der Waals surface area (Å²) in [6.45, 7) is 3.26. The van der Waals surface area contributed by atoms with Crippen molar-refractivity contribution in [2.45, 2.75) is 20.1 Å². The number of ether oxygens (including phenoxy) is 1. The molecule has 17 heavy (non-hydrogen) atoms. The number of nitrogens with zero attached hydrogens (tertiary/aromatic N) is 2. The molecule has 0 aliphatic heterocycles. The van der Waals surface area contributed by atoms with Crippen LogP contribution in [0.2, 0.25) is 0 Å². The molecule has 90 valence electrons. The normalized spacial score (nSPS) is 10.5. The molecule has 2 aromatic rings. The molecule has 0 amide bonds. The molecule has 0 saturated heterocycles. The van der Waals surface area contributed by atoms with Crippen LogP contribution in [-0.2, 0) is 13.2 Å². The fourth-order valence-electron chi connectivity index (χ4n) is 1.58. The lowest BCUT2D eigenvalue weighted by Gasteiger charge is -2.08. The molecule has 0 bridgehead atoms. The molecule has 0 aliphatic rings. The Morgan fingerprint density at radius 2 is 2.18 bits per heavy atom. The van der Waals surface area contributed by atoms with E-state index >= 15 is 0 Å². The summed E-state index contributed by atoms with van der Waals surface area (Å²) in [7, 11) is 0. The molecule has 0 radical (unpaired) electrons. The fourth-order valence-corrected chi connectivity index (χ4v) is 1.98. The highest BCUT2D eigenvalue weighted by Crippen LogP contribution is 2.24. The van der Waals surface area contributed by atoms with Crippen LogP contribution in [0.25, 0.3) is 0 Å². The molecule has 0 saturated carbocycles. The number of hydrogen-bond donors (Lipinski definition) is 1. The molecular formula is C12H14BrN3O. The summed E-state index contributed by atoms with van der Waals surface area (Å²) in [5.41, 5.74) is 6.63. The van der Waals surface area contributed by atoms with Gasteiger partial charge in [0.25, 0.3) is 0 Å². The van der Waals surface area contributed by atoms with Crippen molar-refractivity contribution in [3.63, 3.8) is 0 Å². The average Bonchev–Trinajstić information content (AvgIpc) is 2.69. The third-order valence-corrected chi connectivity index (χ3v) is 3.05. The molecule has 2 N–H and O–H groups in total. The van der Waals surface area contributed by atoms with Crippen molar-refractivity contribution in [3.8, 4) is 5.75 Å². The lowest BCUT2D eigenvalue weighted by Crippen LogP contribution is -2.06. The molecule has 2 rings (SSSR count). The Morgan fingerprint density at radius 3 is 2.88 bits per heavy atom. The molecule has 0 fully saturated rings. The summed E-state index contributed by atoms with van der Waals surface area (Å²) in [6.07, 6.45) is 0. The quantitative estimate of drug-likeness (QED) is 0.944. The zero-order chi connectivity index (χ0) is 12.3. The minimum Gasteiger partial charge on any atom is -0.486 e. The maximum Gasteiger partial charge on any atom is 0.145 e. The maximum atomic E-state index is 5.72. The number of nitrogens with two attached hydrogens (primary N) is 1. The number of anilines is 1. The van der Waals surface area contributed by atoms with Gasteiger partial charge in [0.1, 0.15) is 18.2 Å². The highest BCUT2D eigenvalue weighted by atomic mass is 79.9. The smallest absolute Gasteiger partial charge is 0.145 e. The predicted octanol–water partition coefficient (Wildman–Crippen LogP) is 2.83. The number of hydrogen-bond acceptors (Lipinski definition) is 3. The van der Waals surface area contributed by atoms with Gasteiger partial charge in [0.05, 0.1) is 10.2 Å². The first-order valence-corrected chi connectivity index (χ1v) is 6.19. The van der Waals surface area contributed by atoms with Gasteiger partial charge < -0.3 is 10.5 Å². The van der Waals surface area contributed by atoms with Crippen molar-refractivity contribution in [2.24, 2.45) is 0 Å². The van der Waals surface area contributed by atoms with E-state index in [2.05, 4.69) is 21.0 Å². The minimum absolute atomic E-state index is 0.459. The van der Waals surface area contributed by atoms with Gasteiger partial charge in [-0.05, 0) is 35.0 Å². The summed E-state index contributed by atoms with van der Waals surface area (Å²) in [6, 6.07) is 9.58. The van der Waals surface area contributed by atoms with Gasteiger partial charge in [0, 0.05) is 12.6 Å². The maximum absolute atomic E-state index is 5.72. The van der Waals surface area contributed by atoms with E-state index in [0.717, 1.165) is 22.5 Å². The molecule has 0 spiro atoms. The number of aryl methyl sites for hydroxylation is 1. The Hall–Kier alpha value is -1.49. The lowest BCUT2D eigenvalue weighted by atomic mass is 10.3. The lowest BCUT2D eigenvalue weighted by molar-refractivity contribution is 0.290. The molecule has 0 aliphatic carbocycles. The highest BCUT2D eigenvalue weighted by Gasteiger charge is 2.06. The number of aromatic nitrogens is 2. The Bertz CT molecular complexity index is 510. The van der Waals surface area contributed by atoms with Crippen molar-refractivity contribution in [2.75, 3.05) is 5.73 Å². The second kappa shape index (κ2) is 5.23. The molecule has 0 atom stereocenters. The van der Waals surface area contributed by atoms with Crippen molar-refractivity contribution < 1.29 is 4.74 Å². The van der Waals surface area contributed by atoms with Gasteiger partial charge in [-0.1, -0.05) is 12.1 Å². The predicted molar refractivity (Wildman–Crippen MR) is 70.8 cm³/mol. The number of halogens is 1. The van der Waals surface area contributed by atoms with Gasteiger partial charge in [-0.3, -0.25) is 4.68 Å². The number of rotatable bonds is 4. The summed E-state index contributed by atoms with van der Waals surface area (Å²) < 4.78 is 8.50. The van der Waals surface area contributed by atoms with Crippen LogP contribution in [0.5, 0.6) is 5.75 Å². The van der Waals surface area contributed by atoms with Crippen molar-refractivity contribution in [1.29, 1.82) is 0 Å². The summed E-state index contributed by atoms with van der Waals surface area (Å²) in [4.78, 5) is 0. The SMILES string of the molecule is CCn1nc(N)cc1COc1ccccc1Br. The van der Waals surface area contributed by atoms with Crippen LogP contribution in [0.1, 0.15) is 12.6 Å². The van der Waals surface area contributed by atoms with E-state index in [-0.39, 0.29) is 0 Å². The van der Waals surface area contributed by atoms with Crippen LogP contribution in [-0.4, -0.2) is 9.78 Å². The first-order valence-electron chi connectivity index (χ1n) is 5.40. The van der Waals surface area contributed by atoms with Crippen LogP contribution in [0.15, 0.2) is 34.8 Å². The van der Waals surface area contributed by atoms with E-state index in [4.69, 9.17) is 10.5 Å². The third kappa shape index (κ3) is 2.79. The van der Waals surface area contributed by atoms with Gasteiger partial charge in [-0.25, -0.2) is 0 Å². The molecule has 4 nitrogen and oxygen atoms in total. The van der Waals surface area contributed by atoms with E-state index in [1.165, 1.54) is 0 Å². The monoisotopic (exact) mass is 295 g/mol. The number of para-hydroxylation sites is 1. The van der Waals surface area contributed by atoms with Crippen LogP contribution < -0.4 is 10.5 Å². The Balaban J connectivity index is 2.09. The van der Waals surface area contributed by atoms with E-state index in [1.54, 1.807) is 0 Å². The van der Waals surface area contributed by atoms with Crippen molar-refractivity contribution in [1.82, 2.24) is 9.78 Å². The van der Waals surface area contributed by atoms with Gasteiger partial charge in [0.2, 0.25) is 0 Å². The zero-order valence-electron chi connectivity index (χ0n) is 9.56. The van der Waals surface area contributed by atoms with Crippen LogP contribution >= 0.6 is 15.9 Å². The largest absolute Gasteiger partial charge is 0.486 e. The second-order valence-electron chi connectivity index (χ2n) is 3.60. The minimum atomic E-state index is 0.459. The second-order valence-corrected chi connectivity index (χ2v) is 4.45. The van der Waals surface area contributed by atoms with E-state index in [0.29, 0.717) is 12.4 Å². The Morgan fingerprint density at radius 1 is 1.41 bits per heavy atom. The van der Waals surface area contributed by atoms with Crippen LogP contribution in [0.3, 0.4) is 0 Å². The van der Waals surface area contributed by atoms with Gasteiger partial charge in [-0.15, -0.1) is 0 Å². The number of benzene rings is 1. The van der Waals surface area contributed by atoms with Gasteiger partial charge >= 0.3 is 0 Å². The molecule has 0 unspecified atom stereocenters. The average molecular weight is 296 g/mol. The van der Waals surface area contributed by atoms with E-state index in [9.17, 15) is 0 Å². The molecular weight excluding hydrogens is 282 g/mol. The van der Waals surface area contributed by atoms with Gasteiger partial charge in [0.15, 0.2) is 0 Å². The standard InChI is InChI=1S/C12H14BrN3O/c1-2-16-9(7-12(14)15-16)8-17-11-6-4-3-5-10(11)13/h3-7H,2,8H2,1H3,(H2,14,15). The Kier molecular flexibility index (Phi) is 3.68. The number of nitrogen functional groups attached to an aromatic ring is 1. The van der Waals surface area contributed by atoms with Gasteiger partial charge in [-0.2, -0.15) is 5.10 Å². The zero-order valence-corrected chi connectivity index (χ0v) is 11.1. The highest BCUT2D eigenvalue weighted by molar-refractivity contribution is 9.10. The van der Waals surface area contributed by atoms with Crippen molar-refractivity contribution >= 4 is 21.7 Å². The first-order chi connectivity index (χ1) is 8.20. The Labute approximate surface area is 109 Å². The summed E-state index contributed by atoms with van der Waals surface area (Å²) in [5.74, 6) is 1.34. The molecule has 5 heteroatoms. The van der Waals surface area contributed by atoms with E-state index in [1.807, 2.05) is 41.9 Å². The van der Waals surface area contributed by atoms with Crippen LogP contribution in [0, 0.1) is 0 Å². The summed E-state index contributed by atoms with van der Waals surface area (Å²) in [5, 5.41) is 4.17. The van der Waals surface area contributed by atoms with E-state index < -0.39 is 0 Å². The third-order valence-electron chi connectivity index (χ3n) is 2.39. The molecule has 1 aromatic carbocycles. The summed E-state index contributed by atoms with van der Waals surface area (Å²) >= 11 is 3.44. The molecule has 1 heterocycles.